The van der Waals surface area contributed by atoms with Crippen LogP contribution in [0.2, 0.25) is 0 Å². The summed E-state index contributed by atoms with van der Waals surface area (Å²) >= 11 is 5.12. The Bertz CT molecular complexity index is 90.5. The van der Waals surface area contributed by atoms with E-state index >= 15 is 0 Å². The Morgan fingerprint density at radius 2 is 2.50 bits per heavy atom. The van der Waals surface area contributed by atoms with Crippen LogP contribution in [0.3, 0.4) is 0 Å². The first kappa shape index (κ1) is 7.56. The number of rotatable bonds is 4. The van der Waals surface area contributed by atoms with Crippen LogP contribution in [-0.4, -0.2) is 19.2 Å². The predicted molar refractivity (Wildman–Crippen MR) is 30.7 cm³/mol. The zero-order chi connectivity index (χ0) is 6.24. The van der Waals surface area contributed by atoms with Crippen molar-refractivity contribution in [2.45, 2.75) is 0 Å². The van der Waals surface area contributed by atoms with Gasteiger partial charge in [-0.3, -0.25) is 0 Å². The lowest BCUT2D eigenvalue weighted by molar-refractivity contribution is 0.188. The monoisotopic (exact) mass is 135 g/mol. The van der Waals surface area contributed by atoms with Crippen molar-refractivity contribution in [3.8, 4) is 0 Å². The fraction of sp³-hybridized carbons (Fsp3) is 1.00. The van der Waals surface area contributed by atoms with Crippen LogP contribution in [0.15, 0.2) is 5.11 Å². The molecule has 0 saturated heterocycles. The fourth-order valence-electron chi connectivity index (χ4n) is 0.205. The largest absolute Gasteiger partial charge is 0.366 e. The van der Waals surface area contributed by atoms with E-state index in [4.69, 9.17) is 17.1 Å². The molecule has 0 spiro atoms. The highest BCUT2D eigenvalue weighted by Gasteiger charge is 1.78. The Morgan fingerprint density at radius 1 is 1.75 bits per heavy atom. The zero-order valence-corrected chi connectivity index (χ0v) is 5.01. The van der Waals surface area contributed by atoms with Crippen molar-refractivity contribution in [1.29, 1.82) is 0 Å². The molecule has 0 radical (unpaired) electrons. The number of alkyl halides is 1. The third kappa shape index (κ3) is 5.56. The summed E-state index contributed by atoms with van der Waals surface area (Å²) in [6.07, 6.45) is 0. The molecule has 0 atom stereocenters. The Hall–Kier alpha value is -0.440. The minimum Gasteiger partial charge on any atom is -0.366 e. The molecule has 0 aliphatic carbocycles. The smallest absolute Gasteiger partial charge is 0.120 e. The number of hydrogen-bond acceptors (Lipinski definition) is 2. The normalized spacial score (nSPS) is 8.12. The van der Waals surface area contributed by atoms with E-state index in [0.29, 0.717) is 13.2 Å². The van der Waals surface area contributed by atoms with Gasteiger partial charge >= 0.3 is 0 Å². The predicted octanol–water partition coefficient (Wildman–Crippen LogP) is 1.51. The van der Waals surface area contributed by atoms with Gasteiger partial charge in [0.2, 0.25) is 0 Å². The molecule has 0 unspecified atom stereocenters. The molecule has 0 aromatic heterocycles. The third-order valence-corrected chi connectivity index (χ3v) is 0.630. The highest BCUT2D eigenvalue weighted by Crippen LogP contribution is 1.78. The van der Waals surface area contributed by atoms with Gasteiger partial charge in [-0.25, -0.2) is 0 Å². The average Bonchev–Trinajstić information content (AvgIpc) is 1.81. The van der Waals surface area contributed by atoms with E-state index in [1.807, 2.05) is 0 Å². The zero-order valence-electron chi connectivity index (χ0n) is 4.25. The van der Waals surface area contributed by atoms with Gasteiger partial charge < -0.3 is 4.74 Å². The summed E-state index contributed by atoms with van der Waals surface area (Å²) in [5.74, 6) is 0. The first-order valence-electron chi connectivity index (χ1n) is 2.06. The van der Waals surface area contributed by atoms with Crippen LogP contribution < -0.4 is 0 Å². The van der Waals surface area contributed by atoms with Gasteiger partial charge in [-0.1, -0.05) is 16.7 Å². The number of nitrogens with zero attached hydrogens (tertiary/aromatic N) is 3. The molecule has 0 aliphatic heterocycles. The van der Waals surface area contributed by atoms with Crippen molar-refractivity contribution >= 4 is 11.6 Å². The topological polar surface area (TPSA) is 58.0 Å². The molecule has 0 N–H and O–H groups in total. The molecular formula is C3H6ClN3O. The summed E-state index contributed by atoms with van der Waals surface area (Å²) in [7, 11) is 0. The Balaban J connectivity index is 2.82. The summed E-state index contributed by atoms with van der Waals surface area (Å²) in [5.41, 5.74) is 7.74. The van der Waals surface area contributed by atoms with E-state index in [-0.39, 0.29) is 6.07 Å². The van der Waals surface area contributed by atoms with Gasteiger partial charge in [-0.2, -0.15) is 0 Å². The van der Waals surface area contributed by atoms with E-state index in [2.05, 4.69) is 14.8 Å². The van der Waals surface area contributed by atoms with Crippen molar-refractivity contribution < 1.29 is 4.74 Å². The van der Waals surface area contributed by atoms with Crippen molar-refractivity contribution in [1.82, 2.24) is 0 Å². The van der Waals surface area contributed by atoms with Gasteiger partial charge in [0.15, 0.2) is 0 Å². The Morgan fingerprint density at radius 3 is 3.00 bits per heavy atom. The molecule has 0 saturated carbocycles. The summed E-state index contributed by atoms with van der Waals surface area (Å²) < 4.78 is 4.64. The van der Waals surface area contributed by atoms with Gasteiger partial charge in [-0.15, -0.1) is 0 Å². The number of halogens is 1. The number of ether oxygens (including phenoxy) is 1. The molecule has 0 aromatic rings. The molecule has 0 rings (SSSR count). The van der Waals surface area contributed by atoms with Crippen LogP contribution in [0.5, 0.6) is 0 Å². The standard InChI is InChI=1S/C3H6ClN3O/c4-3-8-2-1-6-7-5/h1-3H2. The van der Waals surface area contributed by atoms with Crippen LogP contribution in [0.25, 0.3) is 10.4 Å². The molecule has 0 amide bonds. The lowest BCUT2D eigenvalue weighted by Crippen LogP contribution is -1.93. The van der Waals surface area contributed by atoms with Gasteiger partial charge in [0, 0.05) is 11.5 Å². The van der Waals surface area contributed by atoms with Gasteiger partial charge in [-0.05, 0) is 5.53 Å². The van der Waals surface area contributed by atoms with Crippen molar-refractivity contribution in [3.63, 3.8) is 0 Å². The second-order valence-electron chi connectivity index (χ2n) is 0.972. The van der Waals surface area contributed by atoms with E-state index < -0.39 is 0 Å². The maximum Gasteiger partial charge on any atom is 0.120 e. The maximum atomic E-state index is 7.74. The van der Waals surface area contributed by atoms with Crippen LogP contribution >= 0.6 is 11.6 Å². The van der Waals surface area contributed by atoms with E-state index in [9.17, 15) is 0 Å². The highest BCUT2D eigenvalue weighted by atomic mass is 35.5. The molecule has 0 aliphatic rings. The lowest BCUT2D eigenvalue weighted by atomic mass is 10.7. The van der Waals surface area contributed by atoms with Crippen molar-refractivity contribution in [2.24, 2.45) is 5.11 Å². The van der Waals surface area contributed by atoms with Crippen LogP contribution in [0.4, 0.5) is 0 Å². The average molecular weight is 136 g/mol. The van der Waals surface area contributed by atoms with Gasteiger partial charge in [0.05, 0.1) is 6.61 Å². The van der Waals surface area contributed by atoms with E-state index in [1.54, 1.807) is 0 Å². The molecule has 46 valence electrons. The van der Waals surface area contributed by atoms with Crippen LogP contribution in [0, 0.1) is 0 Å². The Kier molecular flexibility index (Phi) is 6.20. The summed E-state index contributed by atoms with van der Waals surface area (Å²) in [5, 5.41) is 3.21. The molecule has 0 heterocycles. The molecule has 5 heteroatoms. The van der Waals surface area contributed by atoms with Gasteiger partial charge in [0.25, 0.3) is 0 Å². The third-order valence-electron chi connectivity index (χ3n) is 0.476. The second-order valence-corrected chi connectivity index (χ2v) is 1.19. The fourth-order valence-corrected chi connectivity index (χ4v) is 0.314. The van der Waals surface area contributed by atoms with E-state index in [1.165, 1.54) is 0 Å². The number of azide groups is 1. The molecule has 8 heavy (non-hydrogen) atoms. The van der Waals surface area contributed by atoms with Crippen molar-refractivity contribution in [3.05, 3.63) is 10.4 Å². The minimum atomic E-state index is 0.154. The number of hydrogen-bond donors (Lipinski definition) is 0. The second kappa shape index (κ2) is 6.56. The minimum absolute atomic E-state index is 0.154. The molecule has 0 fully saturated rings. The molecule has 0 bridgehead atoms. The van der Waals surface area contributed by atoms with Crippen molar-refractivity contribution in [2.75, 3.05) is 19.2 Å². The van der Waals surface area contributed by atoms with Crippen LogP contribution in [0.1, 0.15) is 0 Å². The van der Waals surface area contributed by atoms with Crippen LogP contribution in [-0.2, 0) is 4.74 Å². The first-order valence-corrected chi connectivity index (χ1v) is 2.60. The molecule has 0 aromatic carbocycles. The van der Waals surface area contributed by atoms with E-state index in [0.717, 1.165) is 0 Å². The van der Waals surface area contributed by atoms with Gasteiger partial charge in [0.1, 0.15) is 6.07 Å². The molecular weight excluding hydrogens is 130 g/mol. The SMILES string of the molecule is [N-]=[N+]=NCCOCCl. The maximum absolute atomic E-state index is 7.74. The summed E-state index contributed by atoms with van der Waals surface area (Å²) in [4.78, 5) is 2.51. The first-order chi connectivity index (χ1) is 3.91. The Labute approximate surface area is 52.0 Å². The summed E-state index contributed by atoms with van der Waals surface area (Å²) in [6, 6.07) is 0.154. The highest BCUT2D eigenvalue weighted by molar-refractivity contribution is 6.17. The quantitative estimate of drug-likeness (QED) is 0.190. The lowest BCUT2D eigenvalue weighted by Gasteiger charge is -1.90. The summed E-state index contributed by atoms with van der Waals surface area (Å²) in [6.45, 7) is 0.747. The molecule has 4 nitrogen and oxygen atoms in total.